The lowest BCUT2D eigenvalue weighted by Crippen LogP contribution is -2.38. The number of amides is 1. The van der Waals surface area contributed by atoms with Gasteiger partial charge in [0.25, 0.3) is 5.91 Å². The van der Waals surface area contributed by atoms with Crippen LogP contribution in [0.2, 0.25) is 0 Å². The third kappa shape index (κ3) is 3.28. The lowest BCUT2D eigenvalue weighted by Gasteiger charge is -2.19. The predicted octanol–water partition coefficient (Wildman–Crippen LogP) is 1.92. The summed E-state index contributed by atoms with van der Waals surface area (Å²) >= 11 is 0. The molecule has 2 rings (SSSR count). The topological polar surface area (TPSA) is 95.1 Å². The Bertz CT molecular complexity index is 647. The summed E-state index contributed by atoms with van der Waals surface area (Å²) in [5, 5.41) is 18.4. The Balaban J connectivity index is 2.15. The van der Waals surface area contributed by atoms with Crippen molar-refractivity contribution in [1.29, 1.82) is 0 Å². The minimum Gasteiger partial charge on any atom is -0.481 e. The Hall–Kier alpha value is -2.63. The highest BCUT2D eigenvalue weighted by atomic mass is 16.4. The van der Waals surface area contributed by atoms with Crippen molar-refractivity contribution >= 4 is 11.9 Å². The van der Waals surface area contributed by atoms with Crippen LogP contribution >= 0.6 is 0 Å². The van der Waals surface area contributed by atoms with E-state index < -0.39 is 11.4 Å². The van der Waals surface area contributed by atoms with Gasteiger partial charge in [0.05, 0.1) is 22.9 Å². The molecule has 1 aromatic heterocycles. The van der Waals surface area contributed by atoms with Gasteiger partial charge in [-0.2, -0.15) is 5.10 Å². The number of carbonyl (C=O) groups excluding carboxylic acids is 1. The summed E-state index contributed by atoms with van der Waals surface area (Å²) in [6.07, 6.45) is 1.44. The molecule has 6 heteroatoms. The number of nitrogens with one attached hydrogen (secondary N) is 2. The highest BCUT2D eigenvalue weighted by molar-refractivity contribution is 5.99. The quantitative estimate of drug-likeness (QED) is 0.783. The van der Waals surface area contributed by atoms with Gasteiger partial charge in [-0.25, -0.2) is 0 Å². The molecule has 2 aromatic rings. The summed E-state index contributed by atoms with van der Waals surface area (Å²) in [4.78, 5) is 23.2. The van der Waals surface area contributed by atoms with E-state index in [0.29, 0.717) is 11.3 Å². The van der Waals surface area contributed by atoms with Crippen LogP contribution in [0.15, 0.2) is 36.5 Å². The summed E-state index contributed by atoms with van der Waals surface area (Å²) in [7, 11) is 0. The average molecular weight is 287 g/mol. The summed E-state index contributed by atoms with van der Waals surface area (Å²) < 4.78 is 0. The summed E-state index contributed by atoms with van der Waals surface area (Å²) in [6, 6.07) is 9.35. The number of aromatic nitrogens is 2. The van der Waals surface area contributed by atoms with Gasteiger partial charge in [-0.1, -0.05) is 30.3 Å². The molecule has 1 aromatic carbocycles. The fourth-order valence-electron chi connectivity index (χ4n) is 1.76. The van der Waals surface area contributed by atoms with Gasteiger partial charge < -0.3 is 10.4 Å². The molecule has 0 unspecified atom stereocenters. The minimum atomic E-state index is -1.02. The maximum absolute atomic E-state index is 12.2. The third-order valence-electron chi connectivity index (χ3n) is 3.22. The Morgan fingerprint density at radius 3 is 2.57 bits per heavy atom. The van der Waals surface area contributed by atoms with Crippen molar-refractivity contribution in [3.63, 3.8) is 0 Å². The Morgan fingerprint density at radius 2 is 1.95 bits per heavy atom. The number of hydrogen-bond donors (Lipinski definition) is 3. The molecule has 0 radical (unpaired) electrons. The first-order valence-electron chi connectivity index (χ1n) is 6.52. The second kappa shape index (κ2) is 5.78. The van der Waals surface area contributed by atoms with Gasteiger partial charge in [0.15, 0.2) is 0 Å². The van der Waals surface area contributed by atoms with E-state index in [1.54, 1.807) is 13.8 Å². The van der Waals surface area contributed by atoms with Crippen molar-refractivity contribution in [2.75, 3.05) is 6.54 Å². The smallest absolute Gasteiger partial charge is 0.310 e. The molecule has 1 heterocycles. The Kier molecular flexibility index (Phi) is 4.07. The van der Waals surface area contributed by atoms with E-state index in [-0.39, 0.29) is 12.5 Å². The van der Waals surface area contributed by atoms with Crippen molar-refractivity contribution in [2.24, 2.45) is 5.41 Å². The molecule has 0 aliphatic carbocycles. The van der Waals surface area contributed by atoms with Crippen LogP contribution in [0.1, 0.15) is 24.2 Å². The Labute approximate surface area is 122 Å². The molecule has 0 bridgehead atoms. The number of carboxylic acid groups (broad SMARTS) is 1. The standard InChI is InChI=1S/C15H17N3O3/c1-15(2,14(20)21)9-16-13(19)11-8-17-18-12(11)10-6-4-3-5-7-10/h3-8H,9H2,1-2H3,(H,16,19)(H,17,18)(H,20,21). The van der Waals surface area contributed by atoms with E-state index >= 15 is 0 Å². The molecule has 0 fully saturated rings. The van der Waals surface area contributed by atoms with E-state index in [2.05, 4.69) is 15.5 Å². The van der Waals surface area contributed by atoms with Crippen LogP contribution in [0.25, 0.3) is 11.3 Å². The molecular weight excluding hydrogens is 270 g/mol. The zero-order valence-corrected chi connectivity index (χ0v) is 11.9. The van der Waals surface area contributed by atoms with Crippen LogP contribution in [-0.4, -0.2) is 33.7 Å². The second-order valence-electron chi connectivity index (χ2n) is 5.40. The molecule has 21 heavy (non-hydrogen) atoms. The number of H-pyrrole nitrogens is 1. The van der Waals surface area contributed by atoms with Crippen LogP contribution in [0, 0.1) is 5.41 Å². The molecule has 0 saturated carbocycles. The zero-order chi connectivity index (χ0) is 15.5. The van der Waals surface area contributed by atoms with E-state index in [1.165, 1.54) is 6.20 Å². The van der Waals surface area contributed by atoms with Gasteiger partial charge in [-0.15, -0.1) is 0 Å². The average Bonchev–Trinajstić information content (AvgIpc) is 2.95. The largest absolute Gasteiger partial charge is 0.481 e. The maximum Gasteiger partial charge on any atom is 0.310 e. The molecule has 3 N–H and O–H groups in total. The van der Waals surface area contributed by atoms with E-state index in [4.69, 9.17) is 5.11 Å². The van der Waals surface area contributed by atoms with Crippen LogP contribution in [0.3, 0.4) is 0 Å². The number of benzene rings is 1. The van der Waals surface area contributed by atoms with Crippen molar-refractivity contribution in [2.45, 2.75) is 13.8 Å². The fourth-order valence-corrected chi connectivity index (χ4v) is 1.76. The first-order chi connectivity index (χ1) is 9.92. The molecule has 0 spiro atoms. The van der Waals surface area contributed by atoms with E-state index in [1.807, 2.05) is 30.3 Å². The van der Waals surface area contributed by atoms with Crippen molar-refractivity contribution in [3.05, 3.63) is 42.1 Å². The van der Waals surface area contributed by atoms with Crippen LogP contribution in [0.4, 0.5) is 0 Å². The molecule has 0 atom stereocenters. The van der Waals surface area contributed by atoms with Crippen molar-refractivity contribution < 1.29 is 14.7 Å². The molecule has 1 amide bonds. The summed E-state index contributed by atoms with van der Waals surface area (Å²) in [5.74, 6) is -1.31. The van der Waals surface area contributed by atoms with Crippen LogP contribution in [-0.2, 0) is 4.79 Å². The highest BCUT2D eigenvalue weighted by Gasteiger charge is 2.28. The molecule has 0 aliphatic heterocycles. The van der Waals surface area contributed by atoms with Gasteiger partial charge in [0, 0.05) is 12.1 Å². The zero-order valence-electron chi connectivity index (χ0n) is 11.9. The lowest BCUT2D eigenvalue weighted by atomic mass is 9.94. The van der Waals surface area contributed by atoms with Gasteiger partial charge >= 0.3 is 5.97 Å². The van der Waals surface area contributed by atoms with Crippen molar-refractivity contribution in [3.8, 4) is 11.3 Å². The number of carbonyl (C=O) groups is 2. The molecule has 0 saturated heterocycles. The van der Waals surface area contributed by atoms with E-state index in [0.717, 1.165) is 5.56 Å². The number of aromatic amines is 1. The monoisotopic (exact) mass is 287 g/mol. The number of hydrogen-bond acceptors (Lipinski definition) is 3. The summed E-state index contributed by atoms with van der Waals surface area (Å²) in [6.45, 7) is 3.16. The minimum absolute atomic E-state index is 0.0422. The van der Waals surface area contributed by atoms with Crippen LogP contribution < -0.4 is 5.32 Å². The molecular formula is C15H17N3O3. The van der Waals surface area contributed by atoms with Crippen molar-refractivity contribution in [1.82, 2.24) is 15.5 Å². The first-order valence-corrected chi connectivity index (χ1v) is 6.52. The molecule has 110 valence electrons. The summed E-state index contributed by atoms with van der Waals surface area (Å²) in [5.41, 5.74) is 0.827. The van der Waals surface area contributed by atoms with Gasteiger partial charge in [0.2, 0.25) is 0 Å². The molecule has 6 nitrogen and oxygen atoms in total. The fraction of sp³-hybridized carbons (Fsp3) is 0.267. The third-order valence-corrected chi connectivity index (χ3v) is 3.22. The van der Waals surface area contributed by atoms with Gasteiger partial charge in [-0.05, 0) is 13.8 Å². The molecule has 0 aliphatic rings. The lowest BCUT2D eigenvalue weighted by molar-refractivity contribution is -0.146. The number of rotatable bonds is 5. The first kappa shape index (κ1) is 14.8. The van der Waals surface area contributed by atoms with E-state index in [9.17, 15) is 9.59 Å². The SMILES string of the molecule is CC(C)(CNC(=O)c1cn[nH]c1-c1ccccc1)C(=O)O. The highest BCUT2D eigenvalue weighted by Crippen LogP contribution is 2.21. The predicted molar refractivity (Wildman–Crippen MR) is 77.8 cm³/mol. The second-order valence-corrected chi connectivity index (χ2v) is 5.40. The maximum atomic E-state index is 12.2. The normalized spacial score (nSPS) is 11.1. The van der Waals surface area contributed by atoms with Gasteiger partial charge in [-0.3, -0.25) is 14.7 Å². The number of aliphatic carboxylic acids is 1. The van der Waals surface area contributed by atoms with Gasteiger partial charge in [0.1, 0.15) is 0 Å². The number of nitrogens with zero attached hydrogens (tertiary/aromatic N) is 1. The Morgan fingerprint density at radius 1 is 1.29 bits per heavy atom. The number of carboxylic acids is 1. The van der Waals surface area contributed by atoms with Crippen LogP contribution in [0.5, 0.6) is 0 Å².